The zero-order valence-electron chi connectivity index (χ0n) is 10.8. The summed E-state index contributed by atoms with van der Waals surface area (Å²) in [6.07, 6.45) is 1.96. The summed E-state index contributed by atoms with van der Waals surface area (Å²) in [6.45, 7) is 5.60. The van der Waals surface area contributed by atoms with Gasteiger partial charge in [0.15, 0.2) is 0 Å². The van der Waals surface area contributed by atoms with Crippen LogP contribution in [-0.4, -0.2) is 30.1 Å². The number of hydrogen-bond acceptors (Lipinski definition) is 4. The van der Waals surface area contributed by atoms with Crippen molar-refractivity contribution in [2.24, 2.45) is 5.73 Å². The molecule has 1 aliphatic heterocycles. The number of ether oxygens (including phenoxy) is 1. The number of nitrogens with one attached hydrogen (secondary N) is 1. The van der Waals surface area contributed by atoms with Crippen molar-refractivity contribution in [3.8, 4) is 5.88 Å². The highest BCUT2D eigenvalue weighted by atomic mass is 16.5. The van der Waals surface area contributed by atoms with E-state index in [-0.39, 0.29) is 6.10 Å². The molecule has 0 aromatic carbocycles. The molecule has 5 nitrogen and oxygen atoms in total. The van der Waals surface area contributed by atoms with Crippen molar-refractivity contribution < 1.29 is 9.53 Å². The number of aromatic nitrogens is 1. The Morgan fingerprint density at radius 2 is 2.11 bits per heavy atom. The molecule has 0 saturated carbocycles. The van der Waals surface area contributed by atoms with Crippen LogP contribution < -0.4 is 15.8 Å². The van der Waals surface area contributed by atoms with Gasteiger partial charge in [-0.3, -0.25) is 4.79 Å². The number of hydrogen-bond donors (Lipinski definition) is 2. The molecule has 0 aliphatic carbocycles. The molecule has 18 heavy (non-hydrogen) atoms. The third kappa shape index (κ3) is 2.79. The van der Waals surface area contributed by atoms with E-state index in [9.17, 15) is 4.79 Å². The number of primary amides is 1. The van der Waals surface area contributed by atoms with Gasteiger partial charge >= 0.3 is 0 Å². The number of pyridine rings is 1. The molecule has 1 aromatic rings. The highest BCUT2D eigenvalue weighted by Crippen LogP contribution is 2.23. The average molecular weight is 249 g/mol. The molecule has 0 spiro atoms. The molecule has 3 N–H and O–H groups in total. The zero-order valence-corrected chi connectivity index (χ0v) is 10.8. The van der Waals surface area contributed by atoms with Crippen LogP contribution in [0, 0.1) is 13.8 Å². The summed E-state index contributed by atoms with van der Waals surface area (Å²) in [5.41, 5.74) is 7.45. The number of nitrogens with zero attached hydrogens (tertiary/aromatic N) is 1. The molecule has 1 aromatic heterocycles. The lowest BCUT2D eigenvalue weighted by Gasteiger charge is -2.24. The summed E-state index contributed by atoms with van der Waals surface area (Å²) in [5, 5.41) is 3.27. The van der Waals surface area contributed by atoms with Gasteiger partial charge < -0.3 is 15.8 Å². The second kappa shape index (κ2) is 5.35. The number of nitrogens with two attached hydrogens (primary N) is 1. The van der Waals surface area contributed by atoms with Gasteiger partial charge in [0.1, 0.15) is 11.7 Å². The molecule has 0 radical (unpaired) electrons. The summed E-state index contributed by atoms with van der Waals surface area (Å²) in [4.78, 5) is 15.8. The first-order chi connectivity index (χ1) is 8.58. The number of amides is 1. The number of carbonyl (C=O) groups excluding carboxylic acids is 1. The number of carbonyl (C=O) groups is 1. The van der Waals surface area contributed by atoms with Gasteiger partial charge in [0.2, 0.25) is 5.88 Å². The number of piperidine rings is 1. The van der Waals surface area contributed by atoms with E-state index in [4.69, 9.17) is 10.5 Å². The molecule has 1 saturated heterocycles. The molecule has 1 fully saturated rings. The SMILES string of the molecule is Cc1cc(C)c(C(N)=O)c(OC2CCNCC2)n1. The lowest BCUT2D eigenvalue weighted by molar-refractivity contribution is 0.0986. The molecule has 0 bridgehead atoms. The Morgan fingerprint density at radius 3 is 2.72 bits per heavy atom. The van der Waals surface area contributed by atoms with Gasteiger partial charge in [-0.05, 0) is 51.4 Å². The molecule has 2 heterocycles. The summed E-state index contributed by atoms with van der Waals surface area (Å²) >= 11 is 0. The molecular weight excluding hydrogens is 230 g/mol. The van der Waals surface area contributed by atoms with Crippen molar-refractivity contribution in [2.75, 3.05) is 13.1 Å². The van der Waals surface area contributed by atoms with Gasteiger partial charge in [-0.1, -0.05) is 0 Å². The second-order valence-corrected chi connectivity index (χ2v) is 4.69. The first-order valence-electron chi connectivity index (χ1n) is 6.23. The van der Waals surface area contributed by atoms with Crippen molar-refractivity contribution in [3.63, 3.8) is 0 Å². The predicted molar refractivity (Wildman–Crippen MR) is 68.7 cm³/mol. The van der Waals surface area contributed by atoms with E-state index in [1.165, 1.54) is 0 Å². The molecule has 5 heteroatoms. The van der Waals surface area contributed by atoms with E-state index in [2.05, 4.69) is 10.3 Å². The molecule has 0 atom stereocenters. The maximum absolute atomic E-state index is 11.5. The second-order valence-electron chi connectivity index (χ2n) is 4.69. The summed E-state index contributed by atoms with van der Waals surface area (Å²) in [7, 11) is 0. The quantitative estimate of drug-likeness (QED) is 0.835. The minimum Gasteiger partial charge on any atom is -0.474 e. The van der Waals surface area contributed by atoms with Crippen LogP contribution in [0.3, 0.4) is 0 Å². The molecular formula is C13H19N3O2. The van der Waals surface area contributed by atoms with E-state index in [1.54, 1.807) is 0 Å². The van der Waals surface area contributed by atoms with Gasteiger partial charge in [-0.25, -0.2) is 4.98 Å². The minimum atomic E-state index is -0.482. The standard InChI is InChI=1S/C13H19N3O2/c1-8-7-9(2)16-13(11(8)12(14)17)18-10-3-5-15-6-4-10/h7,10,15H,3-6H2,1-2H3,(H2,14,17). The lowest BCUT2D eigenvalue weighted by Crippen LogP contribution is -2.34. The molecule has 1 amide bonds. The summed E-state index contributed by atoms with van der Waals surface area (Å²) in [5.74, 6) is -0.101. The predicted octanol–water partition coefficient (Wildman–Crippen LogP) is 0.928. The molecule has 2 rings (SSSR count). The highest BCUT2D eigenvalue weighted by molar-refractivity contribution is 5.96. The van der Waals surface area contributed by atoms with E-state index >= 15 is 0 Å². The Labute approximate surface area is 107 Å². The van der Waals surface area contributed by atoms with Gasteiger partial charge in [0, 0.05) is 5.69 Å². The number of rotatable bonds is 3. The Morgan fingerprint density at radius 1 is 1.44 bits per heavy atom. The highest BCUT2D eigenvalue weighted by Gasteiger charge is 2.20. The van der Waals surface area contributed by atoms with Crippen molar-refractivity contribution in [2.45, 2.75) is 32.8 Å². The third-order valence-electron chi connectivity index (χ3n) is 3.12. The Balaban J connectivity index is 2.27. The van der Waals surface area contributed by atoms with Crippen LogP contribution in [0.4, 0.5) is 0 Å². The van der Waals surface area contributed by atoms with Crippen molar-refractivity contribution in [3.05, 3.63) is 22.9 Å². The van der Waals surface area contributed by atoms with Gasteiger partial charge in [0.25, 0.3) is 5.91 Å². The zero-order chi connectivity index (χ0) is 13.1. The fourth-order valence-corrected chi connectivity index (χ4v) is 2.26. The first-order valence-corrected chi connectivity index (χ1v) is 6.23. The van der Waals surface area contributed by atoms with Crippen LogP contribution >= 0.6 is 0 Å². The Kier molecular flexibility index (Phi) is 3.81. The van der Waals surface area contributed by atoms with Crippen LogP contribution in [0.25, 0.3) is 0 Å². The lowest BCUT2D eigenvalue weighted by atomic mass is 10.1. The van der Waals surface area contributed by atoms with E-state index in [1.807, 2.05) is 19.9 Å². The largest absolute Gasteiger partial charge is 0.474 e. The monoisotopic (exact) mass is 249 g/mol. The smallest absolute Gasteiger partial charge is 0.254 e. The van der Waals surface area contributed by atoms with Crippen molar-refractivity contribution >= 4 is 5.91 Å². The van der Waals surface area contributed by atoms with Crippen LogP contribution in [-0.2, 0) is 0 Å². The van der Waals surface area contributed by atoms with Crippen LogP contribution in [0.1, 0.15) is 34.5 Å². The topological polar surface area (TPSA) is 77.2 Å². The van der Waals surface area contributed by atoms with Crippen molar-refractivity contribution in [1.82, 2.24) is 10.3 Å². The molecule has 0 unspecified atom stereocenters. The Hall–Kier alpha value is -1.62. The van der Waals surface area contributed by atoms with Gasteiger partial charge in [-0.2, -0.15) is 0 Å². The van der Waals surface area contributed by atoms with E-state index in [0.29, 0.717) is 11.4 Å². The molecule has 98 valence electrons. The van der Waals surface area contributed by atoms with Crippen LogP contribution in [0.5, 0.6) is 5.88 Å². The fourth-order valence-electron chi connectivity index (χ4n) is 2.26. The van der Waals surface area contributed by atoms with E-state index < -0.39 is 5.91 Å². The maximum Gasteiger partial charge on any atom is 0.254 e. The summed E-state index contributed by atoms with van der Waals surface area (Å²) in [6, 6.07) is 1.84. The number of aryl methyl sites for hydroxylation is 2. The van der Waals surface area contributed by atoms with E-state index in [0.717, 1.165) is 37.2 Å². The van der Waals surface area contributed by atoms with Gasteiger partial charge in [0.05, 0.1) is 0 Å². The Bertz CT molecular complexity index is 454. The maximum atomic E-state index is 11.5. The molecule has 1 aliphatic rings. The average Bonchev–Trinajstić information content (AvgIpc) is 2.28. The normalized spacial score (nSPS) is 16.6. The summed E-state index contributed by atoms with van der Waals surface area (Å²) < 4.78 is 5.86. The van der Waals surface area contributed by atoms with Crippen LogP contribution in [0.15, 0.2) is 6.07 Å². The fraction of sp³-hybridized carbons (Fsp3) is 0.538. The van der Waals surface area contributed by atoms with Gasteiger partial charge in [-0.15, -0.1) is 0 Å². The van der Waals surface area contributed by atoms with Crippen LogP contribution in [0.2, 0.25) is 0 Å². The third-order valence-corrected chi connectivity index (χ3v) is 3.12. The minimum absolute atomic E-state index is 0.109. The van der Waals surface area contributed by atoms with Crippen molar-refractivity contribution in [1.29, 1.82) is 0 Å². The first kappa shape index (κ1) is 12.8.